The molecular formula is C29H38F7NO2. The molecule has 0 bridgehead atoms. The Kier molecular flexibility index (Phi) is 8.68. The minimum absolute atomic E-state index is 0.0824. The molecule has 0 saturated heterocycles. The number of hydrogen-bond donors (Lipinski definition) is 2. The van der Waals surface area contributed by atoms with Crippen LogP contribution in [-0.2, 0) is 6.42 Å². The van der Waals surface area contributed by atoms with Crippen LogP contribution in [0.1, 0.15) is 68.9 Å². The number of aliphatic hydroxyl groups is 1. The first kappa shape index (κ1) is 30.2. The molecule has 0 radical (unpaired) electrons. The van der Waals surface area contributed by atoms with Crippen LogP contribution in [0.15, 0.2) is 30.1 Å². The van der Waals surface area contributed by atoms with Crippen molar-refractivity contribution in [3.8, 4) is 5.75 Å². The van der Waals surface area contributed by atoms with Crippen LogP contribution in [0.2, 0.25) is 0 Å². The fourth-order valence-corrected chi connectivity index (χ4v) is 7.59. The van der Waals surface area contributed by atoms with Crippen LogP contribution < -0.4 is 0 Å². The minimum atomic E-state index is -5.97. The van der Waals surface area contributed by atoms with E-state index in [1.807, 2.05) is 13.0 Å². The summed E-state index contributed by atoms with van der Waals surface area (Å²) in [7, 11) is 1.53. The smallest absolute Gasteiger partial charge is 0.460 e. The third kappa shape index (κ3) is 5.83. The Balaban J connectivity index is 1.36. The van der Waals surface area contributed by atoms with E-state index in [2.05, 4.69) is 0 Å². The van der Waals surface area contributed by atoms with Crippen molar-refractivity contribution in [3.63, 3.8) is 0 Å². The summed E-state index contributed by atoms with van der Waals surface area (Å²) in [6, 6.07) is 5.19. The molecule has 1 aromatic carbocycles. The third-order valence-electron chi connectivity index (χ3n) is 9.63. The lowest BCUT2D eigenvalue weighted by Gasteiger charge is -2.54. The molecule has 0 amide bonds. The van der Waals surface area contributed by atoms with Crippen molar-refractivity contribution in [3.05, 3.63) is 41.2 Å². The highest BCUT2D eigenvalue weighted by Gasteiger charge is 2.61. The molecule has 3 aliphatic carbocycles. The highest BCUT2D eigenvalue weighted by Crippen LogP contribution is 2.63. The Morgan fingerprint density at radius 1 is 1.13 bits per heavy atom. The van der Waals surface area contributed by atoms with Crippen molar-refractivity contribution < 1.29 is 40.9 Å². The normalized spacial score (nSPS) is 33.2. The van der Waals surface area contributed by atoms with Gasteiger partial charge in [-0.15, -0.1) is 0 Å². The molecule has 0 spiro atoms. The van der Waals surface area contributed by atoms with Gasteiger partial charge in [-0.05, 0) is 105 Å². The van der Waals surface area contributed by atoms with Crippen molar-refractivity contribution in [2.75, 3.05) is 20.1 Å². The highest BCUT2D eigenvalue weighted by atomic mass is 19.4. The molecule has 2 saturated carbocycles. The Labute approximate surface area is 225 Å². The van der Waals surface area contributed by atoms with E-state index in [1.54, 1.807) is 12.1 Å². The summed E-state index contributed by atoms with van der Waals surface area (Å²) in [6.45, 7) is 2.04. The predicted octanol–water partition coefficient (Wildman–Crippen LogP) is 7.33. The molecule has 2 N–H and O–H groups in total. The molecule has 4 rings (SSSR count). The second-order valence-electron chi connectivity index (χ2n) is 12.1. The second kappa shape index (κ2) is 11.2. The average Bonchev–Trinajstić information content (AvgIpc) is 3.14. The molecule has 2 fully saturated rings. The molecule has 10 heteroatoms. The number of alkyl halides is 6. The van der Waals surface area contributed by atoms with Gasteiger partial charge in [0, 0.05) is 12.5 Å². The number of halogens is 7. The standard InChI is InChI=1S/C29H38F7NO2/c1-27-16-22(30)26-20-8-7-19(38)15-18(20)14-17(25(26)21(27)9-10-24(27)39)6-4-3-5-12-37(2)13-11-23(31)28(32,33)29(34,35)36/h7-8,11,15,17,21-22,24-26,38-39H,3-6,9-10,12-14,16H2,1-2H3/t17-,21+,22+,24+,25+,26+,27+/m1/s1. The summed E-state index contributed by atoms with van der Waals surface area (Å²) in [4.78, 5) is 1.49. The van der Waals surface area contributed by atoms with Gasteiger partial charge in [0.15, 0.2) is 5.83 Å². The molecule has 1 aromatic rings. The lowest BCUT2D eigenvalue weighted by atomic mass is 9.51. The van der Waals surface area contributed by atoms with Gasteiger partial charge in [-0.25, -0.2) is 8.78 Å². The number of aliphatic hydroxyl groups excluding tert-OH is 1. The zero-order valence-corrected chi connectivity index (χ0v) is 22.3. The summed E-state index contributed by atoms with van der Waals surface area (Å²) in [5.74, 6) is -7.65. The Morgan fingerprint density at radius 2 is 1.85 bits per heavy atom. The van der Waals surface area contributed by atoms with E-state index < -0.39 is 35.6 Å². The van der Waals surface area contributed by atoms with E-state index in [0.29, 0.717) is 25.8 Å². The first-order chi connectivity index (χ1) is 18.2. The molecule has 3 aliphatic rings. The number of rotatable bonds is 9. The maximum atomic E-state index is 15.8. The van der Waals surface area contributed by atoms with E-state index in [1.165, 1.54) is 11.9 Å². The Bertz CT molecular complexity index is 1040. The molecule has 0 aromatic heterocycles. The molecular weight excluding hydrogens is 527 g/mol. The summed E-state index contributed by atoms with van der Waals surface area (Å²) in [5, 5.41) is 20.8. The lowest BCUT2D eigenvalue weighted by Crippen LogP contribution is -2.51. The first-order valence-electron chi connectivity index (χ1n) is 13.8. The fourth-order valence-electron chi connectivity index (χ4n) is 7.59. The number of unbranched alkanes of at least 4 members (excludes halogenated alkanes) is 2. The summed E-state index contributed by atoms with van der Waals surface area (Å²) >= 11 is 0. The molecule has 0 heterocycles. The van der Waals surface area contributed by atoms with E-state index in [4.69, 9.17) is 0 Å². The quantitative estimate of drug-likeness (QED) is 0.244. The van der Waals surface area contributed by atoms with Crippen molar-refractivity contribution >= 4 is 0 Å². The molecule has 0 aliphatic heterocycles. The zero-order valence-electron chi connectivity index (χ0n) is 22.3. The maximum Gasteiger partial charge on any atom is 0.460 e. The Hall–Kier alpha value is -1.81. The van der Waals surface area contributed by atoms with Gasteiger partial charge in [0.2, 0.25) is 0 Å². The van der Waals surface area contributed by atoms with E-state index in [0.717, 1.165) is 43.2 Å². The van der Waals surface area contributed by atoms with Crippen LogP contribution in [0.4, 0.5) is 30.7 Å². The zero-order chi connectivity index (χ0) is 28.8. The SMILES string of the molecule is CN(CC=C(F)C(F)(F)C(F)(F)F)CCCCC[C@@H]1Cc2cc(O)ccc2[C@@H]2[C@@H]1[C@@H]1CC[C@H](O)[C@@]1(C)C[C@@H]2F. The van der Waals surface area contributed by atoms with Gasteiger partial charge in [-0.2, -0.15) is 22.0 Å². The van der Waals surface area contributed by atoms with E-state index >= 15 is 4.39 Å². The summed E-state index contributed by atoms with van der Waals surface area (Å²) < 4.78 is 92.2. The van der Waals surface area contributed by atoms with Gasteiger partial charge in [0.05, 0.1) is 6.10 Å². The number of aromatic hydroxyl groups is 1. The molecule has 220 valence electrons. The monoisotopic (exact) mass is 565 g/mol. The predicted molar refractivity (Wildman–Crippen MR) is 134 cm³/mol. The Morgan fingerprint density at radius 3 is 2.54 bits per heavy atom. The van der Waals surface area contributed by atoms with E-state index in [9.17, 15) is 36.6 Å². The van der Waals surface area contributed by atoms with Crippen LogP contribution in [0.25, 0.3) is 0 Å². The van der Waals surface area contributed by atoms with Crippen molar-refractivity contribution in [1.29, 1.82) is 0 Å². The van der Waals surface area contributed by atoms with Crippen molar-refractivity contribution in [2.45, 2.75) is 88.6 Å². The fraction of sp³-hybridized carbons (Fsp3) is 0.724. The number of allylic oxidation sites excluding steroid dienone is 1. The van der Waals surface area contributed by atoms with Crippen LogP contribution >= 0.6 is 0 Å². The number of fused-ring (bicyclic) bond motifs is 5. The minimum Gasteiger partial charge on any atom is -0.508 e. The van der Waals surface area contributed by atoms with Gasteiger partial charge in [0.1, 0.15) is 11.9 Å². The summed E-state index contributed by atoms with van der Waals surface area (Å²) in [6.07, 6.45) is -1.69. The van der Waals surface area contributed by atoms with Crippen LogP contribution in [0, 0.1) is 23.2 Å². The van der Waals surface area contributed by atoms with Gasteiger partial charge >= 0.3 is 12.1 Å². The second-order valence-corrected chi connectivity index (χ2v) is 12.1. The van der Waals surface area contributed by atoms with Gasteiger partial charge in [-0.3, -0.25) is 0 Å². The van der Waals surface area contributed by atoms with Crippen molar-refractivity contribution in [2.24, 2.45) is 23.2 Å². The highest BCUT2D eigenvalue weighted by molar-refractivity contribution is 5.41. The van der Waals surface area contributed by atoms with Crippen LogP contribution in [-0.4, -0.2) is 59.6 Å². The number of likely N-dealkylation sites (N-methyl/N-ethyl adjacent to an activating group) is 1. The number of nitrogens with zero attached hydrogens (tertiary/aromatic N) is 1. The van der Waals surface area contributed by atoms with Crippen molar-refractivity contribution in [1.82, 2.24) is 4.90 Å². The van der Waals surface area contributed by atoms with Gasteiger partial charge < -0.3 is 15.1 Å². The van der Waals surface area contributed by atoms with Crippen LogP contribution in [0.3, 0.4) is 0 Å². The molecule has 39 heavy (non-hydrogen) atoms. The maximum absolute atomic E-state index is 15.8. The number of hydrogen-bond acceptors (Lipinski definition) is 3. The molecule has 7 atom stereocenters. The first-order valence-corrected chi connectivity index (χ1v) is 13.8. The molecule has 0 unspecified atom stereocenters. The van der Waals surface area contributed by atoms with Gasteiger partial charge in [0.25, 0.3) is 0 Å². The number of phenolic OH excluding ortho intramolecular Hbond substituents is 1. The van der Waals surface area contributed by atoms with Gasteiger partial charge in [-0.1, -0.05) is 25.8 Å². The van der Waals surface area contributed by atoms with Crippen LogP contribution in [0.5, 0.6) is 5.75 Å². The largest absolute Gasteiger partial charge is 0.508 e. The third-order valence-corrected chi connectivity index (χ3v) is 9.63. The lowest BCUT2D eigenvalue weighted by molar-refractivity contribution is -0.270. The topological polar surface area (TPSA) is 43.7 Å². The average molecular weight is 566 g/mol. The molecule has 3 nitrogen and oxygen atoms in total. The number of phenols is 1. The van der Waals surface area contributed by atoms with E-state index in [-0.39, 0.29) is 42.0 Å². The number of benzene rings is 1. The summed E-state index contributed by atoms with van der Waals surface area (Å²) in [5.41, 5.74) is 1.47.